The monoisotopic (exact) mass is 284 g/mol. The van der Waals surface area contributed by atoms with Crippen molar-refractivity contribution in [2.45, 2.75) is 26.7 Å². The fourth-order valence-corrected chi connectivity index (χ4v) is 1.97. The first-order valence-electron chi connectivity index (χ1n) is 6.64. The van der Waals surface area contributed by atoms with Gasteiger partial charge in [-0.25, -0.2) is 8.78 Å². The zero-order valence-electron chi connectivity index (χ0n) is 12.2. The van der Waals surface area contributed by atoms with Crippen molar-refractivity contribution in [3.8, 4) is 0 Å². The van der Waals surface area contributed by atoms with Crippen molar-refractivity contribution < 1.29 is 13.6 Å². The Morgan fingerprint density at radius 2 is 2.00 bits per heavy atom. The van der Waals surface area contributed by atoms with Crippen LogP contribution < -0.4 is 5.73 Å². The molecule has 0 atom stereocenters. The molecule has 0 aliphatic rings. The molecule has 0 unspecified atom stereocenters. The Morgan fingerprint density at radius 3 is 2.60 bits per heavy atom. The number of rotatable bonds is 6. The predicted molar refractivity (Wildman–Crippen MR) is 75.2 cm³/mol. The average Bonchev–Trinajstić information content (AvgIpc) is 2.39. The van der Waals surface area contributed by atoms with E-state index in [1.54, 1.807) is 11.9 Å². The van der Waals surface area contributed by atoms with Gasteiger partial charge >= 0.3 is 0 Å². The van der Waals surface area contributed by atoms with Crippen LogP contribution in [0.3, 0.4) is 0 Å². The maximum atomic E-state index is 13.5. The molecule has 2 N–H and O–H groups in total. The predicted octanol–water partition coefficient (Wildman–Crippen LogP) is 2.34. The standard InChI is InChI=1S/C15H22F2N2O/c1-15(2,9-18)10-19(3)13(20)8-7-11-5-4-6-12(16)14(11)17/h4-6H,7-10,18H2,1-3H3. The molecule has 0 saturated carbocycles. The molecule has 1 rings (SSSR count). The Hall–Kier alpha value is -1.49. The summed E-state index contributed by atoms with van der Waals surface area (Å²) in [5.74, 6) is -1.85. The highest BCUT2D eigenvalue weighted by Gasteiger charge is 2.21. The highest BCUT2D eigenvalue weighted by molar-refractivity contribution is 5.76. The number of hydrogen-bond acceptors (Lipinski definition) is 2. The Bertz CT molecular complexity index is 475. The van der Waals surface area contributed by atoms with Gasteiger partial charge in [0.15, 0.2) is 11.6 Å². The van der Waals surface area contributed by atoms with Crippen LogP contribution in [0, 0.1) is 17.0 Å². The fraction of sp³-hybridized carbons (Fsp3) is 0.533. The smallest absolute Gasteiger partial charge is 0.222 e. The number of carbonyl (C=O) groups is 1. The van der Waals surface area contributed by atoms with E-state index in [0.717, 1.165) is 6.07 Å². The van der Waals surface area contributed by atoms with Gasteiger partial charge in [-0.1, -0.05) is 26.0 Å². The van der Waals surface area contributed by atoms with Crippen molar-refractivity contribution in [2.24, 2.45) is 11.1 Å². The Balaban J connectivity index is 2.57. The normalized spacial score (nSPS) is 11.5. The lowest BCUT2D eigenvalue weighted by Gasteiger charge is -2.29. The quantitative estimate of drug-likeness (QED) is 0.871. The molecule has 0 aromatic heterocycles. The van der Waals surface area contributed by atoms with Crippen molar-refractivity contribution >= 4 is 5.91 Å². The van der Waals surface area contributed by atoms with Gasteiger partial charge in [0, 0.05) is 20.0 Å². The number of nitrogens with two attached hydrogens (primary N) is 1. The Morgan fingerprint density at radius 1 is 1.35 bits per heavy atom. The number of amides is 1. The van der Waals surface area contributed by atoms with E-state index in [9.17, 15) is 13.6 Å². The molecule has 1 aromatic carbocycles. The van der Waals surface area contributed by atoms with E-state index in [1.165, 1.54) is 12.1 Å². The highest BCUT2D eigenvalue weighted by Crippen LogP contribution is 2.16. The van der Waals surface area contributed by atoms with E-state index < -0.39 is 11.6 Å². The molecule has 0 saturated heterocycles. The summed E-state index contributed by atoms with van der Waals surface area (Å²) in [6, 6.07) is 4.01. The van der Waals surface area contributed by atoms with Crippen LogP contribution in [0.4, 0.5) is 8.78 Å². The van der Waals surface area contributed by atoms with Crippen LogP contribution in [-0.2, 0) is 11.2 Å². The molecule has 0 fully saturated rings. The molecule has 1 aromatic rings. The molecule has 0 aliphatic heterocycles. The van der Waals surface area contributed by atoms with Crippen LogP contribution in [0.1, 0.15) is 25.8 Å². The van der Waals surface area contributed by atoms with Gasteiger partial charge in [-0.05, 0) is 30.0 Å². The van der Waals surface area contributed by atoms with Crippen LogP contribution in [0.5, 0.6) is 0 Å². The summed E-state index contributed by atoms with van der Waals surface area (Å²) in [6.07, 6.45) is 0.341. The van der Waals surface area contributed by atoms with Crippen molar-refractivity contribution in [3.63, 3.8) is 0 Å². The van der Waals surface area contributed by atoms with E-state index in [0.29, 0.717) is 13.1 Å². The summed E-state index contributed by atoms with van der Waals surface area (Å²) >= 11 is 0. The molecule has 1 amide bonds. The number of nitrogens with zero attached hydrogens (tertiary/aromatic N) is 1. The lowest BCUT2D eigenvalue weighted by Crippen LogP contribution is -2.39. The first-order valence-corrected chi connectivity index (χ1v) is 6.64. The topological polar surface area (TPSA) is 46.3 Å². The zero-order chi connectivity index (χ0) is 15.3. The maximum Gasteiger partial charge on any atom is 0.222 e. The lowest BCUT2D eigenvalue weighted by atomic mass is 9.93. The average molecular weight is 284 g/mol. The molecular formula is C15H22F2N2O. The molecule has 0 radical (unpaired) electrons. The number of benzene rings is 1. The molecule has 0 heterocycles. The number of aryl methyl sites for hydroxylation is 1. The Kier molecular flexibility index (Phi) is 5.62. The van der Waals surface area contributed by atoms with Gasteiger partial charge in [0.2, 0.25) is 5.91 Å². The minimum atomic E-state index is -0.882. The van der Waals surface area contributed by atoms with E-state index in [4.69, 9.17) is 5.73 Å². The third-order valence-corrected chi connectivity index (χ3v) is 3.28. The van der Waals surface area contributed by atoms with Gasteiger partial charge in [0.1, 0.15) is 0 Å². The van der Waals surface area contributed by atoms with Gasteiger partial charge in [0.05, 0.1) is 0 Å². The molecule has 0 aliphatic carbocycles. The van der Waals surface area contributed by atoms with Crippen LogP contribution in [-0.4, -0.2) is 30.9 Å². The third kappa shape index (κ3) is 4.56. The van der Waals surface area contributed by atoms with Crippen molar-refractivity contribution in [2.75, 3.05) is 20.1 Å². The van der Waals surface area contributed by atoms with Crippen molar-refractivity contribution in [3.05, 3.63) is 35.4 Å². The minimum Gasteiger partial charge on any atom is -0.345 e. The largest absolute Gasteiger partial charge is 0.345 e. The maximum absolute atomic E-state index is 13.5. The van der Waals surface area contributed by atoms with Crippen LogP contribution in [0.2, 0.25) is 0 Å². The Labute approximate surface area is 118 Å². The highest BCUT2D eigenvalue weighted by atomic mass is 19.2. The van der Waals surface area contributed by atoms with Gasteiger partial charge in [-0.3, -0.25) is 4.79 Å². The van der Waals surface area contributed by atoms with E-state index >= 15 is 0 Å². The van der Waals surface area contributed by atoms with E-state index in [2.05, 4.69) is 0 Å². The first kappa shape index (κ1) is 16.6. The summed E-state index contributed by atoms with van der Waals surface area (Å²) in [7, 11) is 1.70. The van der Waals surface area contributed by atoms with Crippen LogP contribution >= 0.6 is 0 Å². The zero-order valence-corrected chi connectivity index (χ0v) is 12.2. The SMILES string of the molecule is CN(CC(C)(C)CN)C(=O)CCc1cccc(F)c1F. The van der Waals surface area contributed by atoms with Crippen molar-refractivity contribution in [1.82, 2.24) is 4.90 Å². The molecule has 112 valence electrons. The fourth-order valence-electron chi connectivity index (χ4n) is 1.97. The molecule has 3 nitrogen and oxygen atoms in total. The number of hydrogen-bond donors (Lipinski definition) is 1. The molecular weight excluding hydrogens is 262 g/mol. The summed E-state index contributed by atoms with van der Waals surface area (Å²) in [6.45, 7) is 4.96. The summed E-state index contributed by atoms with van der Waals surface area (Å²) in [5, 5.41) is 0. The number of carbonyl (C=O) groups excluding carboxylic acids is 1. The van der Waals surface area contributed by atoms with Gasteiger partial charge in [-0.2, -0.15) is 0 Å². The summed E-state index contributed by atoms with van der Waals surface area (Å²) in [4.78, 5) is 13.6. The van der Waals surface area contributed by atoms with Gasteiger partial charge in [-0.15, -0.1) is 0 Å². The third-order valence-electron chi connectivity index (χ3n) is 3.28. The minimum absolute atomic E-state index is 0.102. The first-order chi connectivity index (χ1) is 9.26. The second-order valence-electron chi connectivity index (χ2n) is 5.83. The summed E-state index contributed by atoms with van der Waals surface area (Å²) in [5.41, 5.74) is 5.70. The van der Waals surface area contributed by atoms with Crippen LogP contribution in [0.15, 0.2) is 18.2 Å². The number of halogens is 2. The van der Waals surface area contributed by atoms with Crippen LogP contribution in [0.25, 0.3) is 0 Å². The second-order valence-corrected chi connectivity index (χ2v) is 5.83. The second kappa shape index (κ2) is 6.79. The van der Waals surface area contributed by atoms with Gasteiger partial charge in [0.25, 0.3) is 0 Å². The molecule has 0 bridgehead atoms. The van der Waals surface area contributed by atoms with Gasteiger partial charge < -0.3 is 10.6 Å². The van der Waals surface area contributed by atoms with E-state index in [1.807, 2.05) is 13.8 Å². The molecule has 20 heavy (non-hydrogen) atoms. The summed E-state index contributed by atoms with van der Waals surface area (Å²) < 4.78 is 26.5. The van der Waals surface area contributed by atoms with E-state index in [-0.39, 0.29) is 29.7 Å². The molecule has 5 heteroatoms. The van der Waals surface area contributed by atoms with Crippen molar-refractivity contribution in [1.29, 1.82) is 0 Å². The molecule has 0 spiro atoms. The lowest BCUT2D eigenvalue weighted by molar-refractivity contribution is -0.131.